The van der Waals surface area contributed by atoms with Crippen molar-refractivity contribution >= 4 is 11.5 Å². The third-order valence-electron chi connectivity index (χ3n) is 4.10. The van der Waals surface area contributed by atoms with Crippen LogP contribution in [0, 0.1) is 6.92 Å². The molecule has 0 bridgehead atoms. The molecule has 0 saturated carbocycles. The van der Waals surface area contributed by atoms with Gasteiger partial charge in [0.25, 0.3) is 0 Å². The zero-order valence-corrected chi connectivity index (χ0v) is 12.2. The van der Waals surface area contributed by atoms with Gasteiger partial charge in [-0.1, -0.05) is 12.1 Å². The number of hydrogen-bond acceptors (Lipinski definition) is 3. The zero-order chi connectivity index (χ0) is 14.2. The highest BCUT2D eigenvalue weighted by Gasteiger charge is 2.12. The van der Waals surface area contributed by atoms with Crippen molar-refractivity contribution in [1.29, 1.82) is 0 Å². The van der Waals surface area contributed by atoms with Crippen LogP contribution in [0.3, 0.4) is 0 Å². The fourth-order valence-corrected chi connectivity index (χ4v) is 2.92. The molecule has 0 aliphatic carbocycles. The molecule has 1 saturated heterocycles. The van der Waals surface area contributed by atoms with Crippen LogP contribution in [0.5, 0.6) is 0 Å². The van der Waals surface area contributed by atoms with E-state index >= 15 is 0 Å². The molecule has 0 N–H and O–H groups in total. The van der Waals surface area contributed by atoms with Gasteiger partial charge in [-0.2, -0.15) is 0 Å². The Kier molecular flexibility index (Phi) is 2.88. The molecule has 0 amide bonds. The third kappa shape index (κ3) is 2.27. The van der Waals surface area contributed by atoms with Crippen LogP contribution in [0.25, 0.3) is 17.0 Å². The van der Waals surface area contributed by atoms with Crippen molar-refractivity contribution in [2.75, 3.05) is 18.0 Å². The van der Waals surface area contributed by atoms with E-state index in [1.807, 2.05) is 29.8 Å². The van der Waals surface area contributed by atoms with Crippen molar-refractivity contribution in [3.05, 3.63) is 48.4 Å². The molecule has 2 aromatic heterocycles. The van der Waals surface area contributed by atoms with Gasteiger partial charge in [0.2, 0.25) is 5.78 Å². The van der Waals surface area contributed by atoms with Crippen molar-refractivity contribution in [2.24, 2.45) is 0 Å². The minimum absolute atomic E-state index is 0.758. The van der Waals surface area contributed by atoms with Crippen molar-refractivity contribution in [3.63, 3.8) is 0 Å². The van der Waals surface area contributed by atoms with E-state index in [-0.39, 0.29) is 0 Å². The van der Waals surface area contributed by atoms with Gasteiger partial charge in [0.15, 0.2) is 0 Å². The quantitative estimate of drug-likeness (QED) is 0.721. The highest BCUT2D eigenvalue weighted by atomic mass is 15.1. The number of fused-ring (bicyclic) bond motifs is 1. The maximum atomic E-state index is 4.61. The molecule has 4 nitrogen and oxygen atoms in total. The molecule has 1 aromatic carbocycles. The van der Waals surface area contributed by atoms with Gasteiger partial charge in [-0.3, -0.25) is 4.40 Å². The fourth-order valence-electron chi connectivity index (χ4n) is 2.92. The molecular weight excluding hydrogens is 260 g/mol. The first-order valence-corrected chi connectivity index (χ1v) is 7.47. The highest BCUT2D eigenvalue weighted by molar-refractivity contribution is 5.64. The predicted octanol–water partition coefficient (Wildman–Crippen LogP) is 3.30. The van der Waals surface area contributed by atoms with Gasteiger partial charge >= 0.3 is 0 Å². The first-order chi connectivity index (χ1) is 10.3. The summed E-state index contributed by atoms with van der Waals surface area (Å²) in [7, 11) is 0. The maximum Gasteiger partial charge on any atom is 0.234 e. The molecule has 0 spiro atoms. The van der Waals surface area contributed by atoms with Crippen LogP contribution >= 0.6 is 0 Å². The van der Waals surface area contributed by atoms with E-state index in [0.29, 0.717) is 0 Å². The van der Waals surface area contributed by atoms with Gasteiger partial charge < -0.3 is 4.90 Å². The van der Waals surface area contributed by atoms with E-state index in [0.717, 1.165) is 22.7 Å². The normalized spacial score (nSPS) is 15.0. The molecular formula is C17H18N4. The van der Waals surface area contributed by atoms with Crippen LogP contribution in [0.1, 0.15) is 18.5 Å². The molecule has 4 rings (SSSR count). The number of imidazole rings is 1. The molecule has 0 atom stereocenters. The summed E-state index contributed by atoms with van der Waals surface area (Å²) in [6.07, 6.45) is 6.65. The number of hydrogen-bond donors (Lipinski definition) is 0. The Morgan fingerprint density at radius 2 is 1.71 bits per heavy atom. The summed E-state index contributed by atoms with van der Waals surface area (Å²) >= 11 is 0. The lowest BCUT2D eigenvalue weighted by atomic mass is 10.1. The number of nitrogens with zero attached hydrogens (tertiary/aromatic N) is 4. The van der Waals surface area contributed by atoms with Crippen LogP contribution in [0.15, 0.2) is 42.7 Å². The Morgan fingerprint density at radius 3 is 2.48 bits per heavy atom. The van der Waals surface area contributed by atoms with E-state index in [1.54, 1.807) is 0 Å². The van der Waals surface area contributed by atoms with Gasteiger partial charge in [0, 0.05) is 42.4 Å². The molecule has 0 radical (unpaired) electrons. The minimum Gasteiger partial charge on any atom is -0.372 e. The Labute approximate surface area is 124 Å². The van der Waals surface area contributed by atoms with Gasteiger partial charge in [0.1, 0.15) is 0 Å². The van der Waals surface area contributed by atoms with E-state index < -0.39 is 0 Å². The lowest BCUT2D eigenvalue weighted by Crippen LogP contribution is -2.17. The van der Waals surface area contributed by atoms with Gasteiger partial charge in [-0.25, -0.2) is 9.97 Å². The molecule has 0 unspecified atom stereocenters. The Balaban J connectivity index is 1.67. The second kappa shape index (κ2) is 4.88. The summed E-state index contributed by atoms with van der Waals surface area (Å²) in [5.74, 6) is 0.758. The maximum absolute atomic E-state index is 4.61. The van der Waals surface area contributed by atoms with Crippen LogP contribution in [0.4, 0.5) is 5.69 Å². The van der Waals surface area contributed by atoms with E-state index in [4.69, 9.17) is 0 Å². The Bertz CT molecular complexity index is 767. The Hall–Kier alpha value is -2.36. The van der Waals surface area contributed by atoms with Gasteiger partial charge in [-0.05, 0) is 38.0 Å². The van der Waals surface area contributed by atoms with Crippen LogP contribution in [-0.4, -0.2) is 27.5 Å². The summed E-state index contributed by atoms with van der Waals surface area (Å²) in [4.78, 5) is 11.5. The minimum atomic E-state index is 0.758. The average molecular weight is 278 g/mol. The molecule has 3 aromatic rings. The molecule has 1 aliphatic heterocycles. The number of anilines is 1. The van der Waals surface area contributed by atoms with E-state index in [9.17, 15) is 0 Å². The van der Waals surface area contributed by atoms with Crippen LogP contribution in [-0.2, 0) is 0 Å². The van der Waals surface area contributed by atoms with Crippen molar-refractivity contribution in [2.45, 2.75) is 19.8 Å². The van der Waals surface area contributed by atoms with E-state index in [2.05, 4.69) is 39.1 Å². The van der Waals surface area contributed by atoms with Gasteiger partial charge in [0.05, 0.1) is 5.69 Å². The first-order valence-electron chi connectivity index (χ1n) is 7.47. The van der Waals surface area contributed by atoms with Crippen LogP contribution in [0.2, 0.25) is 0 Å². The van der Waals surface area contributed by atoms with Crippen molar-refractivity contribution in [3.8, 4) is 11.3 Å². The van der Waals surface area contributed by atoms with Crippen molar-refractivity contribution in [1.82, 2.24) is 14.4 Å². The third-order valence-corrected chi connectivity index (χ3v) is 4.10. The molecule has 4 heteroatoms. The lowest BCUT2D eigenvalue weighted by Gasteiger charge is -2.17. The fraction of sp³-hybridized carbons (Fsp3) is 0.294. The summed E-state index contributed by atoms with van der Waals surface area (Å²) < 4.78 is 1.97. The smallest absolute Gasteiger partial charge is 0.234 e. The molecule has 3 heterocycles. The molecule has 1 aliphatic rings. The largest absolute Gasteiger partial charge is 0.372 e. The lowest BCUT2D eigenvalue weighted by molar-refractivity contribution is 0.949. The van der Waals surface area contributed by atoms with Gasteiger partial charge in [-0.15, -0.1) is 0 Å². The summed E-state index contributed by atoms with van der Waals surface area (Å²) in [6.45, 7) is 4.34. The first kappa shape index (κ1) is 12.4. The SMILES string of the molecule is Cc1ccn2cc(-c3ccc(N4CCCC4)cc3)nc2n1. The number of aryl methyl sites for hydroxylation is 1. The van der Waals surface area contributed by atoms with Crippen molar-refractivity contribution < 1.29 is 0 Å². The predicted molar refractivity (Wildman–Crippen MR) is 84.6 cm³/mol. The number of aromatic nitrogens is 3. The molecule has 21 heavy (non-hydrogen) atoms. The molecule has 1 fully saturated rings. The molecule has 106 valence electrons. The second-order valence-corrected chi connectivity index (χ2v) is 5.64. The average Bonchev–Trinajstić information content (AvgIpc) is 3.16. The highest BCUT2D eigenvalue weighted by Crippen LogP contribution is 2.25. The second-order valence-electron chi connectivity index (χ2n) is 5.64. The number of benzene rings is 1. The number of rotatable bonds is 2. The van der Waals surface area contributed by atoms with Crippen LogP contribution < -0.4 is 4.90 Å². The summed E-state index contributed by atoms with van der Waals surface area (Å²) in [5, 5.41) is 0. The summed E-state index contributed by atoms with van der Waals surface area (Å²) in [5.41, 5.74) is 4.42. The topological polar surface area (TPSA) is 33.4 Å². The standard InChI is InChI=1S/C17H18N4/c1-13-8-11-21-12-16(19-17(21)18-13)14-4-6-15(7-5-14)20-9-2-3-10-20/h4-8,11-12H,2-3,9-10H2,1H3. The summed E-state index contributed by atoms with van der Waals surface area (Å²) in [6, 6.07) is 10.7. The monoisotopic (exact) mass is 278 g/mol. The zero-order valence-electron chi connectivity index (χ0n) is 12.2. The van der Waals surface area contributed by atoms with E-state index in [1.165, 1.54) is 31.6 Å². The Morgan fingerprint density at radius 1 is 0.952 bits per heavy atom.